The molecule has 5 heteroatoms. The van der Waals surface area contributed by atoms with Gasteiger partial charge in [0.05, 0.1) is 14.2 Å². The van der Waals surface area contributed by atoms with Gasteiger partial charge in [-0.25, -0.2) is 0 Å². The SMILES string of the molecule is COc1cc(OC)cc(C(=O)Nc2ccc(CSc3ccccc3)cc2)c1. The second kappa shape index (κ2) is 9.14. The van der Waals surface area contributed by atoms with Crippen molar-refractivity contribution in [1.29, 1.82) is 0 Å². The maximum Gasteiger partial charge on any atom is 0.255 e. The van der Waals surface area contributed by atoms with E-state index < -0.39 is 0 Å². The Hall–Kier alpha value is -2.92. The van der Waals surface area contributed by atoms with Crippen LogP contribution in [0.15, 0.2) is 77.7 Å². The lowest BCUT2D eigenvalue weighted by molar-refractivity contribution is 0.102. The minimum atomic E-state index is -0.210. The molecule has 3 aromatic rings. The molecule has 138 valence electrons. The molecule has 0 aromatic heterocycles. The summed E-state index contributed by atoms with van der Waals surface area (Å²) in [6, 6.07) is 23.3. The van der Waals surface area contributed by atoms with Crippen LogP contribution >= 0.6 is 11.8 Å². The van der Waals surface area contributed by atoms with E-state index >= 15 is 0 Å². The number of carbonyl (C=O) groups is 1. The monoisotopic (exact) mass is 379 g/mol. The van der Waals surface area contributed by atoms with Gasteiger partial charge in [-0.2, -0.15) is 0 Å². The van der Waals surface area contributed by atoms with Crippen LogP contribution < -0.4 is 14.8 Å². The van der Waals surface area contributed by atoms with Crippen LogP contribution in [-0.2, 0) is 5.75 Å². The molecule has 0 saturated carbocycles. The van der Waals surface area contributed by atoms with Crippen LogP contribution in [0.25, 0.3) is 0 Å². The van der Waals surface area contributed by atoms with Gasteiger partial charge in [0.15, 0.2) is 0 Å². The molecule has 0 aliphatic heterocycles. The van der Waals surface area contributed by atoms with Crippen molar-refractivity contribution in [2.45, 2.75) is 10.6 Å². The van der Waals surface area contributed by atoms with Gasteiger partial charge in [-0.1, -0.05) is 30.3 Å². The highest BCUT2D eigenvalue weighted by atomic mass is 32.2. The molecule has 1 amide bonds. The summed E-state index contributed by atoms with van der Waals surface area (Å²) in [5.74, 6) is 1.82. The Morgan fingerprint density at radius 3 is 2.11 bits per heavy atom. The first-order valence-corrected chi connectivity index (χ1v) is 9.47. The molecule has 0 aliphatic rings. The lowest BCUT2D eigenvalue weighted by Gasteiger charge is -2.10. The molecule has 0 fully saturated rings. The van der Waals surface area contributed by atoms with Gasteiger partial charge < -0.3 is 14.8 Å². The van der Waals surface area contributed by atoms with E-state index in [0.717, 1.165) is 11.4 Å². The van der Waals surface area contributed by atoms with Gasteiger partial charge in [-0.3, -0.25) is 4.79 Å². The molecule has 0 heterocycles. The average Bonchev–Trinajstić information content (AvgIpc) is 2.73. The van der Waals surface area contributed by atoms with Crippen LogP contribution in [0.2, 0.25) is 0 Å². The fourth-order valence-corrected chi connectivity index (χ4v) is 3.38. The second-order valence-corrected chi connectivity index (χ2v) is 6.90. The molecule has 0 atom stereocenters. The second-order valence-electron chi connectivity index (χ2n) is 5.85. The van der Waals surface area contributed by atoms with E-state index in [0.29, 0.717) is 17.1 Å². The maximum atomic E-state index is 12.5. The van der Waals surface area contributed by atoms with Crippen LogP contribution in [-0.4, -0.2) is 20.1 Å². The summed E-state index contributed by atoms with van der Waals surface area (Å²) >= 11 is 1.78. The summed E-state index contributed by atoms with van der Waals surface area (Å²) in [4.78, 5) is 13.8. The third-order valence-corrected chi connectivity index (χ3v) is 5.06. The number of thioether (sulfide) groups is 1. The van der Waals surface area contributed by atoms with Crippen LogP contribution in [0.1, 0.15) is 15.9 Å². The zero-order valence-electron chi connectivity index (χ0n) is 15.3. The van der Waals surface area contributed by atoms with Crippen molar-refractivity contribution >= 4 is 23.4 Å². The van der Waals surface area contributed by atoms with Gasteiger partial charge in [0, 0.05) is 28.0 Å². The normalized spacial score (nSPS) is 10.3. The number of rotatable bonds is 7. The summed E-state index contributed by atoms with van der Waals surface area (Å²) in [5.41, 5.74) is 2.43. The highest BCUT2D eigenvalue weighted by Gasteiger charge is 2.10. The lowest BCUT2D eigenvalue weighted by atomic mass is 10.1. The highest BCUT2D eigenvalue weighted by Crippen LogP contribution is 2.25. The van der Waals surface area contributed by atoms with Crippen molar-refractivity contribution in [1.82, 2.24) is 0 Å². The van der Waals surface area contributed by atoms with E-state index in [1.54, 1.807) is 44.2 Å². The molecule has 0 saturated heterocycles. The van der Waals surface area contributed by atoms with Gasteiger partial charge in [0.1, 0.15) is 11.5 Å². The Morgan fingerprint density at radius 1 is 0.889 bits per heavy atom. The summed E-state index contributed by atoms with van der Waals surface area (Å²) in [6.07, 6.45) is 0. The number of hydrogen-bond acceptors (Lipinski definition) is 4. The number of methoxy groups -OCH3 is 2. The Balaban J connectivity index is 1.63. The fourth-order valence-electron chi connectivity index (χ4n) is 2.51. The fraction of sp³-hybridized carbons (Fsp3) is 0.136. The zero-order valence-corrected chi connectivity index (χ0v) is 16.1. The molecule has 1 N–H and O–H groups in total. The topological polar surface area (TPSA) is 47.6 Å². The molecule has 3 rings (SSSR count). The largest absolute Gasteiger partial charge is 0.497 e. The first-order valence-electron chi connectivity index (χ1n) is 8.49. The quantitative estimate of drug-likeness (QED) is 0.570. The molecule has 0 bridgehead atoms. The van der Waals surface area contributed by atoms with Crippen molar-refractivity contribution in [3.05, 3.63) is 83.9 Å². The van der Waals surface area contributed by atoms with Crippen molar-refractivity contribution in [3.63, 3.8) is 0 Å². The third-order valence-electron chi connectivity index (χ3n) is 3.97. The smallest absolute Gasteiger partial charge is 0.255 e. The van der Waals surface area contributed by atoms with Crippen molar-refractivity contribution in [2.75, 3.05) is 19.5 Å². The number of amides is 1. The van der Waals surface area contributed by atoms with Gasteiger partial charge in [-0.15, -0.1) is 11.8 Å². The Labute approximate surface area is 163 Å². The van der Waals surface area contributed by atoms with Crippen LogP contribution in [0.3, 0.4) is 0 Å². The van der Waals surface area contributed by atoms with Gasteiger partial charge in [0.25, 0.3) is 5.91 Å². The van der Waals surface area contributed by atoms with E-state index in [1.807, 2.05) is 42.5 Å². The minimum absolute atomic E-state index is 0.210. The van der Waals surface area contributed by atoms with Crippen LogP contribution in [0, 0.1) is 0 Å². The number of carbonyl (C=O) groups excluding carboxylic acids is 1. The predicted octanol–water partition coefficient (Wildman–Crippen LogP) is 5.25. The molecule has 0 unspecified atom stereocenters. The molecule has 4 nitrogen and oxygen atoms in total. The van der Waals surface area contributed by atoms with Gasteiger partial charge in [-0.05, 0) is 42.0 Å². The first-order chi connectivity index (χ1) is 13.2. The Bertz CT molecular complexity index is 873. The summed E-state index contributed by atoms with van der Waals surface area (Å²) < 4.78 is 10.4. The first kappa shape index (κ1) is 18.9. The predicted molar refractivity (Wildman–Crippen MR) is 110 cm³/mol. The average molecular weight is 379 g/mol. The zero-order chi connectivity index (χ0) is 19.1. The van der Waals surface area contributed by atoms with E-state index in [2.05, 4.69) is 17.4 Å². The highest BCUT2D eigenvalue weighted by molar-refractivity contribution is 7.98. The maximum absolute atomic E-state index is 12.5. The number of ether oxygens (including phenoxy) is 2. The molecule has 27 heavy (non-hydrogen) atoms. The Kier molecular flexibility index (Phi) is 6.39. The molecule has 3 aromatic carbocycles. The van der Waals surface area contributed by atoms with Crippen molar-refractivity contribution < 1.29 is 14.3 Å². The molecular weight excluding hydrogens is 358 g/mol. The Morgan fingerprint density at radius 2 is 1.52 bits per heavy atom. The number of nitrogens with one attached hydrogen (secondary N) is 1. The third kappa shape index (κ3) is 5.28. The standard InChI is InChI=1S/C22H21NO3S/c1-25-19-12-17(13-20(14-19)26-2)22(24)23-18-10-8-16(9-11-18)15-27-21-6-4-3-5-7-21/h3-14H,15H2,1-2H3,(H,23,24). The molecule has 0 radical (unpaired) electrons. The van der Waals surface area contributed by atoms with E-state index in [-0.39, 0.29) is 5.91 Å². The summed E-state index contributed by atoms with van der Waals surface area (Å²) in [6.45, 7) is 0. The van der Waals surface area contributed by atoms with E-state index in [4.69, 9.17) is 9.47 Å². The number of hydrogen-bond donors (Lipinski definition) is 1. The minimum Gasteiger partial charge on any atom is -0.497 e. The van der Waals surface area contributed by atoms with Crippen molar-refractivity contribution in [3.8, 4) is 11.5 Å². The molecule has 0 aliphatic carbocycles. The van der Waals surface area contributed by atoms with Crippen LogP contribution in [0.4, 0.5) is 5.69 Å². The molecule has 0 spiro atoms. The number of benzene rings is 3. The van der Waals surface area contributed by atoms with E-state index in [9.17, 15) is 4.79 Å². The van der Waals surface area contributed by atoms with Gasteiger partial charge in [0.2, 0.25) is 0 Å². The van der Waals surface area contributed by atoms with Crippen molar-refractivity contribution in [2.24, 2.45) is 0 Å². The van der Waals surface area contributed by atoms with Crippen LogP contribution in [0.5, 0.6) is 11.5 Å². The molecular formula is C22H21NO3S. The lowest BCUT2D eigenvalue weighted by Crippen LogP contribution is -2.12. The van der Waals surface area contributed by atoms with Gasteiger partial charge >= 0.3 is 0 Å². The summed E-state index contributed by atoms with van der Waals surface area (Å²) in [7, 11) is 3.12. The van der Waals surface area contributed by atoms with E-state index in [1.165, 1.54) is 10.5 Å². The number of anilines is 1. The summed E-state index contributed by atoms with van der Waals surface area (Å²) in [5, 5.41) is 2.90.